The van der Waals surface area contributed by atoms with Crippen molar-refractivity contribution in [3.63, 3.8) is 0 Å². The Balaban J connectivity index is 1.73. The Morgan fingerprint density at radius 2 is 2.04 bits per heavy atom. The van der Waals surface area contributed by atoms with E-state index in [0.717, 1.165) is 34.3 Å². The number of rotatable bonds is 3. The van der Waals surface area contributed by atoms with E-state index < -0.39 is 0 Å². The number of amides is 1. The summed E-state index contributed by atoms with van der Waals surface area (Å²) in [6.07, 6.45) is 1.07. The summed E-state index contributed by atoms with van der Waals surface area (Å²) in [5, 5.41) is 1.52. The average Bonchev–Trinajstić information content (AvgIpc) is 3.10. The van der Waals surface area contributed by atoms with Gasteiger partial charge in [0.05, 0.1) is 17.7 Å². The van der Waals surface area contributed by atoms with Crippen molar-refractivity contribution in [2.24, 2.45) is 0 Å². The fourth-order valence-corrected chi connectivity index (χ4v) is 4.87. The molecule has 3 nitrogen and oxygen atoms in total. The number of aromatic nitrogens is 1. The van der Waals surface area contributed by atoms with Crippen molar-refractivity contribution in [1.29, 1.82) is 0 Å². The van der Waals surface area contributed by atoms with E-state index in [1.54, 1.807) is 13.0 Å². The normalized spacial score (nSPS) is 13.0. The van der Waals surface area contributed by atoms with Crippen LogP contribution in [0.25, 0.3) is 10.9 Å². The van der Waals surface area contributed by atoms with Crippen molar-refractivity contribution >= 4 is 45.9 Å². The van der Waals surface area contributed by atoms with Crippen LogP contribution in [0, 0.1) is 6.92 Å². The van der Waals surface area contributed by atoms with E-state index in [1.165, 1.54) is 16.0 Å². The molecule has 0 spiro atoms. The molecule has 0 radical (unpaired) electrons. The smallest absolute Gasteiger partial charge is 0.224 e. The van der Waals surface area contributed by atoms with E-state index in [-0.39, 0.29) is 5.91 Å². The number of carbonyl (C=O) groups excluding carboxylic acids is 1. The predicted molar refractivity (Wildman–Crippen MR) is 109 cm³/mol. The van der Waals surface area contributed by atoms with Gasteiger partial charge in [0, 0.05) is 23.0 Å². The predicted octanol–water partition coefficient (Wildman–Crippen LogP) is 5.40. The van der Waals surface area contributed by atoms with E-state index in [2.05, 4.69) is 30.1 Å². The van der Waals surface area contributed by atoms with Crippen LogP contribution >= 0.6 is 23.4 Å². The zero-order valence-electron chi connectivity index (χ0n) is 14.8. The first-order valence-electron chi connectivity index (χ1n) is 8.61. The Bertz CT molecular complexity index is 1020. The standard InChI is InChI=1S/C21H19ClN2OS/c1-13-3-7-19(21-17(13)9-10-26-21)24(14(2)25)12-15-4-5-16-6-8-20(22)23-18(16)11-15/h3-8,11H,9-10,12H2,1-2H3. The summed E-state index contributed by atoms with van der Waals surface area (Å²) in [6.45, 7) is 4.29. The summed E-state index contributed by atoms with van der Waals surface area (Å²) in [7, 11) is 0. The number of hydrogen-bond donors (Lipinski definition) is 0. The molecule has 2 aromatic carbocycles. The molecule has 0 aliphatic carbocycles. The average molecular weight is 383 g/mol. The molecule has 1 aliphatic rings. The summed E-state index contributed by atoms with van der Waals surface area (Å²) < 4.78 is 0. The quantitative estimate of drug-likeness (QED) is 0.569. The molecule has 4 rings (SSSR count). The number of halogens is 1. The third-order valence-corrected chi connectivity index (χ3v) is 6.17. The van der Waals surface area contributed by atoms with Gasteiger partial charge in [0.15, 0.2) is 0 Å². The minimum atomic E-state index is 0.0442. The summed E-state index contributed by atoms with van der Waals surface area (Å²) in [6, 6.07) is 14.0. The van der Waals surface area contributed by atoms with Crippen LogP contribution in [-0.2, 0) is 17.8 Å². The topological polar surface area (TPSA) is 33.2 Å². The van der Waals surface area contributed by atoms with E-state index >= 15 is 0 Å². The number of anilines is 1. The number of carbonyl (C=O) groups is 1. The highest BCUT2D eigenvalue weighted by atomic mass is 35.5. The third-order valence-electron chi connectivity index (χ3n) is 4.81. The molecule has 0 saturated heterocycles. The largest absolute Gasteiger partial charge is 0.307 e. The summed E-state index contributed by atoms with van der Waals surface area (Å²) in [5.41, 5.74) is 5.59. The molecule has 132 valence electrons. The van der Waals surface area contributed by atoms with Gasteiger partial charge in [-0.1, -0.05) is 29.8 Å². The monoisotopic (exact) mass is 382 g/mol. The maximum atomic E-state index is 12.4. The molecule has 1 aromatic heterocycles. The lowest BCUT2D eigenvalue weighted by Gasteiger charge is -2.24. The second-order valence-electron chi connectivity index (χ2n) is 6.57. The zero-order valence-corrected chi connectivity index (χ0v) is 16.3. The van der Waals surface area contributed by atoms with Gasteiger partial charge in [0.1, 0.15) is 5.15 Å². The molecule has 0 bridgehead atoms. The molecule has 0 fully saturated rings. The lowest BCUT2D eigenvalue weighted by molar-refractivity contribution is -0.116. The van der Waals surface area contributed by atoms with Gasteiger partial charge in [-0.25, -0.2) is 4.98 Å². The molecule has 5 heteroatoms. The first kappa shape index (κ1) is 17.4. The number of hydrogen-bond acceptors (Lipinski definition) is 3. The molecule has 0 N–H and O–H groups in total. The minimum absolute atomic E-state index is 0.0442. The van der Waals surface area contributed by atoms with Crippen LogP contribution in [0.1, 0.15) is 23.6 Å². The number of benzene rings is 2. The van der Waals surface area contributed by atoms with Gasteiger partial charge < -0.3 is 4.90 Å². The van der Waals surface area contributed by atoms with E-state index in [0.29, 0.717) is 11.7 Å². The molecular formula is C21H19ClN2OS. The highest BCUT2D eigenvalue weighted by Gasteiger charge is 2.23. The van der Waals surface area contributed by atoms with Crippen LogP contribution in [0.15, 0.2) is 47.4 Å². The van der Waals surface area contributed by atoms with Gasteiger partial charge in [-0.3, -0.25) is 4.79 Å². The SMILES string of the molecule is CC(=O)N(Cc1ccc2ccc(Cl)nc2c1)c1ccc(C)c2c1SCC2. The lowest BCUT2D eigenvalue weighted by atomic mass is 10.0. The maximum Gasteiger partial charge on any atom is 0.224 e. The van der Waals surface area contributed by atoms with Crippen molar-refractivity contribution in [3.8, 4) is 0 Å². The van der Waals surface area contributed by atoms with Crippen molar-refractivity contribution in [2.75, 3.05) is 10.7 Å². The zero-order chi connectivity index (χ0) is 18.3. The Labute approximate surface area is 162 Å². The van der Waals surface area contributed by atoms with Crippen LogP contribution in [0.5, 0.6) is 0 Å². The van der Waals surface area contributed by atoms with Gasteiger partial charge in [0.25, 0.3) is 0 Å². The minimum Gasteiger partial charge on any atom is -0.307 e. The van der Waals surface area contributed by atoms with Gasteiger partial charge in [-0.2, -0.15) is 0 Å². The van der Waals surface area contributed by atoms with Gasteiger partial charge in [0.2, 0.25) is 5.91 Å². The highest BCUT2D eigenvalue weighted by Crippen LogP contribution is 2.41. The summed E-state index contributed by atoms with van der Waals surface area (Å²) in [5.74, 6) is 1.12. The molecular weight excluding hydrogens is 364 g/mol. The van der Waals surface area contributed by atoms with E-state index in [9.17, 15) is 4.79 Å². The number of thioether (sulfide) groups is 1. The van der Waals surface area contributed by atoms with Crippen LogP contribution in [0.2, 0.25) is 5.15 Å². The first-order valence-corrected chi connectivity index (χ1v) is 9.98. The van der Waals surface area contributed by atoms with Crippen LogP contribution < -0.4 is 4.90 Å². The molecule has 0 unspecified atom stereocenters. The lowest BCUT2D eigenvalue weighted by Crippen LogP contribution is -2.28. The Morgan fingerprint density at radius 3 is 2.85 bits per heavy atom. The maximum absolute atomic E-state index is 12.4. The van der Waals surface area contributed by atoms with Crippen molar-refractivity contribution in [2.45, 2.75) is 31.7 Å². The van der Waals surface area contributed by atoms with Gasteiger partial charge in [-0.05, 0) is 54.3 Å². The summed E-state index contributed by atoms with van der Waals surface area (Å²) >= 11 is 7.87. The highest BCUT2D eigenvalue weighted by molar-refractivity contribution is 7.99. The number of fused-ring (bicyclic) bond motifs is 2. The third kappa shape index (κ3) is 3.19. The molecule has 1 aliphatic heterocycles. The summed E-state index contributed by atoms with van der Waals surface area (Å²) in [4.78, 5) is 19.9. The molecule has 26 heavy (non-hydrogen) atoms. The van der Waals surface area contributed by atoms with Crippen LogP contribution in [0.3, 0.4) is 0 Å². The van der Waals surface area contributed by atoms with Crippen LogP contribution in [0.4, 0.5) is 5.69 Å². The second-order valence-corrected chi connectivity index (χ2v) is 8.07. The van der Waals surface area contributed by atoms with Crippen molar-refractivity contribution in [3.05, 3.63) is 64.3 Å². The fraction of sp³-hybridized carbons (Fsp3) is 0.238. The Hall–Kier alpha value is -2.04. The number of nitrogens with zero attached hydrogens (tertiary/aromatic N) is 2. The molecule has 0 atom stereocenters. The van der Waals surface area contributed by atoms with Crippen LogP contribution in [-0.4, -0.2) is 16.6 Å². The Morgan fingerprint density at radius 1 is 1.23 bits per heavy atom. The fourth-order valence-electron chi connectivity index (χ4n) is 3.44. The molecule has 3 aromatic rings. The molecule has 0 saturated carbocycles. The number of aryl methyl sites for hydroxylation is 1. The van der Waals surface area contributed by atoms with Crippen molar-refractivity contribution in [1.82, 2.24) is 4.98 Å². The first-order chi connectivity index (χ1) is 12.5. The second kappa shape index (κ2) is 6.93. The molecule has 1 amide bonds. The number of pyridine rings is 1. The van der Waals surface area contributed by atoms with E-state index in [1.807, 2.05) is 34.9 Å². The Kier molecular flexibility index (Phi) is 4.63. The molecule has 2 heterocycles. The van der Waals surface area contributed by atoms with Crippen molar-refractivity contribution < 1.29 is 4.79 Å². The van der Waals surface area contributed by atoms with E-state index in [4.69, 9.17) is 11.6 Å². The van der Waals surface area contributed by atoms with Gasteiger partial charge >= 0.3 is 0 Å². The van der Waals surface area contributed by atoms with Gasteiger partial charge in [-0.15, -0.1) is 11.8 Å².